The van der Waals surface area contributed by atoms with Gasteiger partial charge in [0.2, 0.25) is 0 Å². The number of methoxy groups -OCH3 is 1. The molecule has 1 saturated carbocycles. The zero-order valence-electron chi connectivity index (χ0n) is 10.3. The lowest BCUT2D eigenvalue weighted by Crippen LogP contribution is -2.20. The fraction of sp³-hybridized carbons (Fsp3) is 0.615. The van der Waals surface area contributed by atoms with E-state index >= 15 is 0 Å². The van der Waals surface area contributed by atoms with Crippen molar-refractivity contribution in [3.63, 3.8) is 0 Å². The number of carbonyl (C=O) groups is 1. The van der Waals surface area contributed by atoms with Gasteiger partial charge in [0.1, 0.15) is 5.69 Å². The number of ether oxygens (including phenoxy) is 1. The van der Waals surface area contributed by atoms with Crippen LogP contribution in [0.25, 0.3) is 0 Å². The smallest absolute Gasteiger partial charge is 0.354 e. The number of hydrogen-bond donors (Lipinski definition) is 2. The molecule has 4 nitrogen and oxygen atoms in total. The summed E-state index contributed by atoms with van der Waals surface area (Å²) < 4.78 is 4.64. The molecule has 94 valence electrons. The van der Waals surface area contributed by atoms with Crippen molar-refractivity contribution in [3.8, 4) is 0 Å². The van der Waals surface area contributed by atoms with Gasteiger partial charge >= 0.3 is 5.97 Å². The molecule has 0 aromatic carbocycles. The first kappa shape index (κ1) is 12.2. The molecule has 1 aromatic heterocycles. The van der Waals surface area contributed by atoms with Crippen LogP contribution in [0.15, 0.2) is 12.1 Å². The Bertz CT molecular complexity index is 367. The Labute approximate surface area is 102 Å². The summed E-state index contributed by atoms with van der Waals surface area (Å²) in [7, 11) is 1.39. The van der Waals surface area contributed by atoms with E-state index in [0.717, 1.165) is 24.7 Å². The number of nitrogens with one attached hydrogen (secondary N) is 2. The number of aromatic nitrogens is 1. The Balaban J connectivity index is 1.74. The molecule has 0 bridgehead atoms. The van der Waals surface area contributed by atoms with E-state index in [-0.39, 0.29) is 5.97 Å². The maximum atomic E-state index is 11.2. The Kier molecular flexibility index (Phi) is 4.20. The summed E-state index contributed by atoms with van der Waals surface area (Å²) >= 11 is 0. The number of esters is 1. The highest BCUT2D eigenvalue weighted by Crippen LogP contribution is 2.23. The molecule has 1 aromatic rings. The van der Waals surface area contributed by atoms with E-state index in [0.29, 0.717) is 5.69 Å². The van der Waals surface area contributed by atoms with Gasteiger partial charge in [0.25, 0.3) is 0 Å². The predicted molar refractivity (Wildman–Crippen MR) is 65.8 cm³/mol. The lowest BCUT2D eigenvalue weighted by atomic mass is 10.1. The molecule has 1 aliphatic carbocycles. The molecule has 1 fully saturated rings. The topological polar surface area (TPSA) is 54.1 Å². The SMILES string of the molecule is COC(=O)c1ccc(CNCC2CCCC2)[nH]1. The van der Waals surface area contributed by atoms with E-state index in [9.17, 15) is 4.79 Å². The maximum Gasteiger partial charge on any atom is 0.354 e. The standard InChI is InChI=1S/C13H20N2O2/c1-17-13(16)12-7-6-11(15-12)9-14-8-10-4-2-3-5-10/h6-7,10,14-15H,2-5,8-9H2,1H3. The molecule has 0 saturated heterocycles. The van der Waals surface area contributed by atoms with Gasteiger partial charge in [-0.2, -0.15) is 0 Å². The summed E-state index contributed by atoms with van der Waals surface area (Å²) in [6.45, 7) is 1.86. The van der Waals surface area contributed by atoms with E-state index in [1.54, 1.807) is 6.07 Å². The van der Waals surface area contributed by atoms with Crippen LogP contribution in [-0.2, 0) is 11.3 Å². The third-order valence-corrected chi connectivity index (χ3v) is 3.37. The summed E-state index contributed by atoms with van der Waals surface area (Å²) in [6, 6.07) is 3.69. The second-order valence-electron chi connectivity index (χ2n) is 4.67. The van der Waals surface area contributed by atoms with Crippen molar-refractivity contribution in [1.29, 1.82) is 0 Å². The van der Waals surface area contributed by atoms with Crippen LogP contribution < -0.4 is 5.32 Å². The van der Waals surface area contributed by atoms with Crippen molar-refractivity contribution in [2.45, 2.75) is 32.2 Å². The highest BCUT2D eigenvalue weighted by molar-refractivity contribution is 5.87. The zero-order chi connectivity index (χ0) is 12.1. The molecule has 0 spiro atoms. The first-order chi connectivity index (χ1) is 8.29. The summed E-state index contributed by atoms with van der Waals surface area (Å²) in [4.78, 5) is 14.3. The molecule has 17 heavy (non-hydrogen) atoms. The maximum absolute atomic E-state index is 11.2. The van der Waals surface area contributed by atoms with E-state index in [4.69, 9.17) is 0 Å². The highest BCUT2D eigenvalue weighted by atomic mass is 16.5. The van der Waals surface area contributed by atoms with Gasteiger partial charge < -0.3 is 15.0 Å². The van der Waals surface area contributed by atoms with Crippen LogP contribution >= 0.6 is 0 Å². The van der Waals surface area contributed by atoms with Gasteiger partial charge in [-0.25, -0.2) is 4.79 Å². The first-order valence-corrected chi connectivity index (χ1v) is 6.26. The Morgan fingerprint density at radius 2 is 2.24 bits per heavy atom. The molecule has 1 aliphatic rings. The van der Waals surface area contributed by atoms with Crippen LogP contribution in [0.5, 0.6) is 0 Å². The Morgan fingerprint density at radius 1 is 1.47 bits per heavy atom. The van der Waals surface area contributed by atoms with Gasteiger partial charge in [-0.05, 0) is 37.4 Å². The Morgan fingerprint density at radius 3 is 2.94 bits per heavy atom. The van der Waals surface area contributed by atoms with Crippen molar-refractivity contribution in [2.24, 2.45) is 5.92 Å². The van der Waals surface area contributed by atoms with E-state index < -0.39 is 0 Å². The fourth-order valence-corrected chi connectivity index (χ4v) is 2.40. The monoisotopic (exact) mass is 236 g/mol. The minimum absolute atomic E-state index is 0.313. The minimum Gasteiger partial charge on any atom is -0.464 e. The molecule has 2 rings (SSSR count). The number of rotatable bonds is 5. The lowest BCUT2D eigenvalue weighted by Gasteiger charge is -2.09. The van der Waals surface area contributed by atoms with E-state index in [1.165, 1.54) is 32.8 Å². The van der Waals surface area contributed by atoms with E-state index in [2.05, 4.69) is 15.0 Å². The highest BCUT2D eigenvalue weighted by Gasteiger charge is 2.14. The van der Waals surface area contributed by atoms with Crippen molar-refractivity contribution in [3.05, 3.63) is 23.5 Å². The van der Waals surface area contributed by atoms with Crippen LogP contribution in [0.1, 0.15) is 41.9 Å². The zero-order valence-corrected chi connectivity index (χ0v) is 10.3. The van der Waals surface area contributed by atoms with Gasteiger partial charge in [-0.3, -0.25) is 0 Å². The third-order valence-electron chi connectivity index (χ3n) is 3.37. The van der Waals surface area contributed by atoms with Gasteiger partial charge in [0.05, 0.1) is 7.11 Å². The first-order valence-electron chi connectivity index (χ1n) is 6.26. The predicted octanol–water partition coefficient (Wildman–Crippen LogP) is 2.08. The molecule has 0 unspecified atom stereocenters. The lowest BCUT2D eigenvalue weighted by molar-refractivity contribution is 0.0594. The quantitative estimate of drug-likeness (QED) is 0.770. The van der Waals surface area contributed by atoms with Crippen LogP contribution in [0.4, 0.5) is 0 Å². The minimum atomic E-state index is -0.313. The summed E-state index contributed by atoms with van der Waals surface area (Å²) in [5.41, 5.74) is 1.55. The molecule has 0 amide bonds. The van der Waals surface area contributed by atoms with Crippen molar-refractivity contribution in [2.75, 3.05) is 13.7 Å². The van der Waals surface area contributed by atoms with Crippen LogP contribution in [0.2, 0.25) is 0 Å². The average Bonchev–Trinajstić information content (AvgIpc) is 2.99. The van der Waals surface area contributed by atoms with Gasteiger partial charge in [0, 0.05) is 12.2 Å². The molecule has 0 aliphatic heterocycles. The molecule has 0 atom stereocenters. The molecule has 0 radical (unpaired) electrons. The van der Waals surface area contributed by atoms with Crippen LogP contribution in [0, 0.1) is 5.92 Å². The molecule has 4 heteroatoms. The largest absolute Gasteiger partial charge is 0.464 e. The van der Waals surface area contributed by atoms with Crippen molar-refractivity contribution >= 4 is 5.97 Å². The van der Waals surface area contributed by atoms with Gasteiger partial charge in [-0.15, -0.1) is 0 Å². The summed E-state index contributed by atoms with van der Waals surface area (Å²) in [5.74, 6) is 0.525. The van der Waals surface area contributed by atoms with Crippen molar-refractivity contribution in [1.82, 2.24) is 10.3 Å². The van der Waals surface area contributed by atoms with Crippen LogP contribution in [-0.4, -0.2) is 24.6 Å². The second kappa shape index (κ2) is 5.87. The second-order valence-corrected chi connectivity index (χ2v) is 4.67. The molecular weight excluding hydrogens is 216 g/mol. The molecular formula is C13H20N2O2. The molecule has 2 N–H and O–H groups in total. The molecule has 1 heterocycles. The fourth-order valence-electron chi connectivity index (χ4n) is 2.40. The number of hydrogen-bond acceptors (Lipinski definition) is 3. The van der Waals surface area contributed by atoms with E-state index in [1.807, 2.05) is 6.07 Å². The summed E-state index contributed by atoms with van der Waals surface area (Å²) in [5, 5.41) is 3.43. The summed E-state index contributed by atoms with van der Waals surface area (Å²) in [6.07, 6.45) is 5.46. The van der Waals surface area contributed by atoms with Gasteiger partial charge in [-0.1, -0.05) is 12.8 Å². The number of aromatic amines is 1. The third kappa shape index (κ3) is 3.33. The average molecular weight is 236 g/mol. The Hall–Kier alpha value is -1.29. The normalized spacial score (nSPS) is 16.3. The van der Waals surface area contributed by atoms with Crippen molar-refractivity contribution < 1.29 is 9.53 Å². The van der Waals surface area contributed by atoms with Gasteiger partial charge in [0.15, 0.2) is 0 Å². The van der Waals surface area contributed by atoms with Crippen LogP contribution in [0.3, 0.4) is 0 Å². The number of H-pyrrole nitrogens is 1. The number of carbonyl (C=O) groups excluding carboxylic acids is 1.